The highest BCUT2D eigenvalue weighted by Crippen LogP contribution is 2.25. The van der Waals surface area contributed by atoms with E-state index in [0.29, 0.717) is 5.25 Å². The molecule has 3 aromatic rings. The van der Waals surface area contributed by atoms with E-state index >= 15 is 0 Å². The molecule has 1 unspecified atom stereocenters. The average Bonchev–Trinajstić information content (AvgIpc) is 3.15. The van der Waals surface area contributed by atoms with Gasteiger partial charge in [0.1, 0.15) is 0 Å². The number of aromatic nitrogens is 2. The number of rotatable bonds is 9. The molecule has 1 heterocycles. The van der Waals surface area contributed by atoms with Crippen LogP contribution >= 0.6 is 46.7 Å². The van der Waals surface area contributed by atoms with Crippen molar-refractivity contribution in [1.29, 1.82) is 0 Å². The molecule has 3 rings (SSSR count). The lowest BCUT2D eigenvalue weighted by Crippen LogP contribution is -2.15. The molecule has 0 amide bonds. The van der Waals surface area contributed by atoms with E-state index in [0.717, 1.165) is 33.8 Å². The summed E-state index contributed by atoms with van der Waals surface area (Å²) < 4.78 is 2.16. The van der Waals surface area contributed by atoms with Gasteiger partial charge in [-0.3, -0.25) is 0 Å². The Hall–Kier alpha value is -1.07. The van der Waals surface area contributed by atoms with Crippen LogP contribution in [0.4, 0.5) is 0 Å². The molecular formula is C20H20Cl2N2S2. The molecule has 0 N–H and O–H groups in total. The lowest BCUT2D eigenvalue weighted by Gasteiger charge is -2.17. The topological polar surface area (TPSA) is 17.8 Å². The van der Waals surface area contributed by atoms with Crippen LogP contribution in [-0.4, -0.2) is 20.6 Å². The Morgan fingerprint density at radius 2 is 1.50 bits per heavy atom. The maximum atomic E-state index is 5.98. The molecule has 1 atom stereocenters. The molecule has 0 aliphatic rings. The van der Waals surface area contributed by atoms with Crippen molar-refractivity contribution in [3.8, 4) is 0 Å². The molecule has 0 saturated heterocycles. The fourth-order valence-electron chi connectivity index (χ4n) is 2.47. The zero-order valence-electron chi connectivity index (χ0n) is 14.2. The lowest BCUT2D eigenvalue weighted by atomic mass is 10.2. The normalized spacial score (nSPS) is 12.2. The van der Waals surface area contributed by atoms with Crippen LogP contribution in [-0.2, 0) is 18.1 Å². The van der Waals surface area contributed by atoms with E-state index in [9.17, 15) is 0 Å². The summed E-state index contributed by atoms with van der Waals surface area (Å²) in [5, 5.41) is 2.08. The van der Waals surface area contributed by atoms with Crippen molar-refractivity contribution in [3.63, 3.8) is 0 Å². The Morgan fingerprint density at radius 1 is 0.885 bits per heavy atom. The SMILES string of the molecule is Clc1ccc(CSCC(Cn2ccnc2)SCc2ccc(Cl)cc2)cc1. The van der Waals surface area contributed by atoms with Crippen LogP contribution in [0.2, 0.25) is 10.0 Å². The molecule has 0 radical (unpaired) electrons. The van der Waals surface area contributed by atoms with Gasteiger partial charge >= 0.3 is 0 Å². The quantitative estimate of drug-likeness (QED) is 0.395. The van der Waals surface area contributed by atoms with Crippen LogP contribution in [0, 0.1) is 0 Å². The molecular weight excluding hydrogens is 403 g/mol. The predicted molar refractivity (Wildman–Crippen MR) is 116 cm³/mol. The van der Waals surface area contributed by atoms with Crippen molar-refractivity contribution in [2.75, 3.05) is 5.75 Å². The van der Waals surface area contributed by atoms with Crippen molar-refractivity contribution in [2.45, 2.75) is 23.3 Å². The third-order valence-electron chi connectivity index (χ3n) is 3.86. The third-order valence-corrected chi connectivity index (χ3v) is 7.04. The largest absolute Gasteiger partial charge is 0.336 e. The van der Waals surface area contributed by atoms with Crippen LogP contribution in [0.5, 0.6) is 0 Å². The molecule has 6 heteroatoms. The van der Waals surface area contributed by atoms with Crippen LogP contribution < -0.4 is 0 Å². The third kappa shape index (κ3) is 6.58. The second-order valence-corrected chi connectivity index (χ2v) is 9.15. The standard InChI is InChI=1S/C20H20Cl2N2S2/c21-18-5-1-16(2-6-18)12-25-14-20(11-24-10-9-23-15-24)26-13-17-3-7-19(22)8-4-17/h1-10,15,20H,11-14H2. The summed E-state index contributed by atoms with van der Waals surface area (Å²) in [6.45, 7) is 0.964. The van der Waals surface area contributed by atoms with Gasteiger partial charge in [0.25, 0.3) is 0 Å². The van der Waals surface area contributed by atoms with Crippen LogP contribution in [0.15, 0.2) is 67.3 Å². The van der Waals surface area contributed by atoms with E-state index in [2.05, 4.69) is 33.8 Å². The summed E-state index contributed by atoms with van der Waals surface area (Å²) in [5.41, 5.74) is 2.61. The van der Waals surface area contributed by atoms with E-state index in [1.165, 1.54) is 11.1 Å². The zero-order valence-corrected chi connectivity index (χ0v) is 17.4. The fraction of sp³-hybridized carbons (Fsp3) is 0.250. The molecule has 136 valence electrons. The van der Waals surface area contributed by atoms with Gasteiger partial charge in [-0.25, -0.2) is 4.98 Å². The molecule has 2 nitrogen and oxygen atoms in total. The van der Waals surface area contributed by atoms with Gasteiger partial charge in [0, 0.05) is 51.5 Å². The van der Waals surface area contributed by atoms with Crippen molar-refractivity contribution in [3.05, 3.63) is 88.4 Å². The fourth-order valence-corrected chi connectivity index (χ4v) is 5.20. The molecule has 0 aliphatic carbocycles. The van der Waals surface area contributed by atoms with E-state index in [4.69, 9.17) is 23.2 Å². The van der Waals surface area contributed by atoms with E-state index in [-0.39, 0.29) is 0 Å². The molecule has 26 heavy (non-hydrogen) atoms. The smallest absolute Gasteiger partial charge is 0.0946 e. The van der Waals surface area contributed by atoms with Gasteiger partial charge in [-0.2, -0.15) is 23.5 Å². The van der Waals surface area contributed by atoms with Gasteiger partial charge in [0.2, 0.25) is 0 Å². The van der Waals surface area contributed by atoms with Crippen molar-refractivity contribution < 1.29 is 0 Å². The highest BCUT2D eigenvalue weighted by atomic mass is 35.5. The van der Waals surface area contributed by atoms with Crippen molar-refractivity contribution in [2.24, 2.45) is 0 Å². The first-order valence-electron chi connectivity index (χ1n) is 8.33. The first-order chi connectivity index (χ1) is 12.7. The Labute approximate surface area is 173 Å². The maximum Gasteiger partial charge on any atom is 0.0946 e. The number of hydrogen-bond donors (Lipinski definition) is 0. The highest BCUT2D eigenvalue weighted by molar-refractivity contribution is 8.02. The molecule has 0 aliphatic heterocycles. The predicted octanol–water partition coefficient (Wildman–Crippen LogP) is 6.43. The Bertz CT molecular complexity index is 775. The minimum Gasteiger partial charge on any atom is -0.336 e. The summed E-state index contributed by atoms with van der Waals surface area (Å²) in [6.07, 6.45) is 5.75. The summed E-state index contributed by atoms with van der Waals surface area (Å²) >= 11 is 15.9. The van der Waals surface area contributed by atoms with E-state index in [1.807, 2.05) is 66.5 Å². The number of thioether (sulfide) groups is 2. The number of benzene rings is 2. The molecule has 0 spiro atoms. The van der Waals surface area contributed by atoms with Crippen LogP contribution in [0.25, 0.3) is 0 Å². The van der Waals surface area contributed by atoms with Gasteiger partial charge in [-0.15, -0.1) is 0 Å². The second kappa shape index (κ2) is 10.3. The van der Waals surface area contributed by atoms with Gasteiger partial charge < -0.3 is 4.57 Å². The summed E-state index contributed by atoms with van der Waals surface area (Å²) in [7, 11) is 0. The van der Waals surface area contributed by atoms with Crippen molar-refractivity contribution >= 4 is 46.7 Å². The first-order valence-corrected chi connectivity index (χ1v) is 11.3. The zero-order chi connectivity index (χ0) is 18.2. The van der Waals surface area contributed by atoms with Gasteiger partial charge in [-0.05, 0) is 35.4 Å². The maximum absolute atomic E-state index is 5.98. The Morgan fingerprint density at radius 3 is 2.08 bits per heavy atom. The molecule has 0 saturated carbocycles. The summed E-state index contributed by atoms with van der Waals surface area (Å²) in [5.74, 6) is 3.07. The first kappa shape index (κ1) is 19.7. The summed E-state index contributed by atoms with van der Waals surface area (Å²) in [6, 6.07) is 16.2. The second-order valence-electron chi connectivity index (χ2n) is 5.96. The van der Waals surface area contributed by atoms with Gasteiger partial charge in [0.05, 0.1) is 6.33 Å². The minimum atomic E-state index is 0.511. The number of halogens is 2. The lowest BCUT2D eigenvalue weighted by molar-refractivity contribution is 0.695. The van der Waals surface area contributed by atoms with Gasteiger partial charge in [-0.1, -0.05) is 47.5 Å². The number of hydrogen-bond acceptors (Lipinski definition) is 3. The number of imidazole rings is 1. The van der Waals surface area contributed by atoms with E-state index < -0.39 is 0 Å². The van der Waals surface area contributed by atoms with Crippen LogP contribution in [0.3, 0.4) is 0 Å². The monoisotopic (exact) mass is 422 g/mol. The van der Waals surface area contributed by atoms with Crippen LogP contribution in [0.1, 0.15) is 11.1 Å². The highest BCUT2D eigenvalue weighted by Gasteiger charge is 2.11. The molecule has 0 fully saturated rings. The molecule has 2 aromatic carbocycles. The van der Waals surface area contributed by atoms with E-state index in [1.54, 1.807) is 0 Å². The average molecular weight is 423 g/mol. The Balaban J connectivity index is 1.53. The summed E-state index contributed by atoms with van der Waals surface area (Å²) in [4.78, 5) is 4.16. The number of nitrogens with zero attached hydrogens (tertiary/aromatic N) is 2. The minimum absolute atomic E-state index is 0.511. The Kier molecular flexibility index (Phi) is 7.81. The molecule has 0 bridgehead atoms. The van der Waals surface area contributed by atoms with Crippen molar-refractivity contribution in [1.82, 2.24) is 9.55 Å². The van der Waals surface area contributed by atoms with Gasteiger partial charge in [0.15, 0.2) is 0 Å². The molecule has 1 aromatic heterocycles.